The van der Waals surface area contributed by atoms with E-state index >= 15 is 0 Å². The second kappa shape index (κ2) is 8.34. The van der Waals surface area contributed by atoms with Gasteiger partial charge in [-0.1, -0.05) is 36.4 Å². The van der Waals surface area contributed by atoms with Gasteiger partial charge in [0.15, 0.2) is 0 Å². The highest BCUT2D eigenvalue weighted by atomic mass is 32.2. The van der Waals surface area contributed by atoms with Crippen LogP contribution in [0.3, 0.4) is 0 Å². The zero-order valence-electron chi connectivity index (χ0n) is 16.5. The number of carbonyl (C=O) groups excluding carboxylic acids is 2. The summed E-state index contributed by atoms with van der Waals surface area (Å²) in [5.41, 5.74) is 1.39. The molecule has 2 aromatic carbocycles. The van der Waals surface area contributed by atoms with Crippen LogP contribution in [0.4, 0.5) is 0 Å². The Morgan fingerprint density at radius 1 is 1.00 bits per heavy atom. The van der Waals surface area contributed by atoms with E-state index in [2.05, 4.69) is 22.8 Å². The minimum absolute atomic E-state index is 0.00417. The minimum Gasteiger partial charge on any atom is -0.354 e. The van der Waals surface area contributed by atoms with Gasteiger partial charge in [-0.2, -0.15) is 0 Å². The largest absolute Gasteiger partial charge is 0.354 e. The maximum atomic E-state index is 12.3. The molecule has 7 nitrogen and oxygen atoms in total. The summed E-state index contributed by atoms with van der Waals surface area (Å²) < 4.78 is 25.5. The van der Waals surface area contributed by atoms with Crippen molar-refractivity contribution in [3.63, 3.8) is 0 Å². The molecular formula is C21H25N3O4S. The summed E-state index contributed by atoms with van der Waals surface area (Å²) in [6.07, 6.45) is 2.05. The van der Waals surface area contributed by atoms with Gasteiger partial charge < -0.3 is 10.6 Å². The number of hydrogen-bond acceptors (Lipinski definition) is 4. The van der Waals surface area contributed by atoms with Gasteiger partial charge in [-0.25, -0.2) is 12.7 Å². The third-order valence-electron chi connectivity index (χ3n) is 5.15. The molecule has 2 N–H and O–H groups in total. The van der Waals surface area contributed by atoms with Gasteiger partial charge in [0.1, 0.15) is 0 Å². The van der Waals surface area contributed by atoms with E-state index in [4.69, 9.17) is 0 Å². The van der Waals surface area contributed by atoms with Gasteiger partial charge in [0.05, 0.1) is 11.4 Å². The molecule has 3 rings (SSSR count). The van der Waals surface area contributed by atoms with Gasteiger partial charge >= 0.3 is 0 Å². The maximum Gasteiger partial charge on any atom is 0.251 e. The fraction of sp³-hybridized carbons (Fsp3) is 0.333. The molecule has 2 amide bonds. The first-order valence-electron chi connectivity index (χ1n) is 9.38. The molecule has 1 fully saturated rings. The van der Waals surface area contributed by atoms with Crippen LogP contribution in [0.1, 0.15) is 28.8 Å². The van der Waals surface area contributed by atoms with E-state index in [9.17, 15) is 18.0 Å². The van der Waals surface area contributed by atoms with Crippen LogP contribution >= 0.6 is 0 Å². The fourth-order valence-corrected chi connectivity index (χ4v) is 4.06. The Labute approximate surface area is 171 Å². The third kappa shape index (κ3) is 4.83. The lowest BCUT2D eigenvalue weighted by molar-refractivity contribution is -0.120. The molecule has 0 bridgehead atoms. The normalized spacial score (nSPS) is 15.0. The predicted octanol–water partition coefficient (Wildman–Crippen LogP) is 1.51. The lowest BCUT2D eigenvalue weighted by Crippen LogP contribution is -2.40. The number of nitrogens with one attached hydrogen (secondary N) is 2. The topological polar surface area (TPSA) is 95.6 Å². The lowest BCUT2D eigenvalue weighted by atomic mass is 9.96. The summed E-state index contributed by atoms with van der Waals surface area (Å²) in [7, 11) is -0.784. The molecule has 154 valence electrons. The van der Waals surface area contributed by atoms with E-state index in [-0.39, 0.29) is 28.3 Å². The molecule has 0 radical (unpaired) electrons. The molecule has 0 aliphatic heterocycles. The van der Waals surface area contributed by atoms with E-state index in [0.717, 1.165) is 17.1 Å². The number of carbonyl (C=O) groups is 2. The van der Waals surface area contributed by atoms with Gasteiger partial charge in [0.25, 0.3) is 5.91 Å². The zero-order valence-corrected chi connectivity index (χ0v) is 17.3. The van der Waals surface area contributed by atoms with E-state index in [1.807, 2.05) is 18.2 Å². The minimum atomic E-state index is -3.63. The first-order chi connectivity index (χ1) is 13.7. The van der Waals surface area contributed by atoms with Crippen molar-refractivity contribution in [2.24, 2.45) is 0 Å². The van der Waals surface area contributed by atoms with E-state index in [1.54, 1.807) is 0 Å². The third-order valence-corrected chi connectivity index (χ3v) is 6.96. The smallest absolute Gasteiger partial charge is 0.251 e. The van der Waals surface area contributed by atoms with Crippen molar-refractivity contribution in [2.75, 3.05) is 27.2 Å². The van der Waals surface area contributed by atoms with Crippen molar-refractivity contribution >= 4 is 21.8 Å². The SMILES string of the molecule is CN(C)S(=O)(=O)c1cccc(C(=O)NCC(=O)NCC2(c3ccccc3)CC2)c1. The summed E-state index contributed by atoms with van der Waals surface area (Å²) in [5, 5.41) is 5.43. The Kier molecular flexibility index (Phi) is 6.04. The molecular weight excluding hydrogens is 390 g/mol. The maximum absolute atomic E-state index is 12.3. The summed E-state index contributed by atoms with van der Waals surface area (Å²) in [4.78, 5) is 24.5. The summed E-state index contributed by atoms with van der Waals surface area (Å²) in [6, 6.07) is 15.8. The lowest BCUT2D eigenvalue weighted by Gasteiger charge is -2.17. The highest BCUT2D eigenvalue weighted by Crippen LogP contribution is 2.47. The zero-order chi connectivity index (χ0) is 21.1. The van der Waals surface area contributed by atoms with Crippen molar-refractivity contribution in [3.8, 4) is 0 Å². The summed E-state index contributed by atoms with van der Waals surface area (Å²) in [6.45, 7) is 0.358. The van der Waals surface area contributed by atoms with Crippen LogP contribution in [0, 0.1) is 0 Å². The van der Waals surface area contributed by atoms with Crippen molar-refractivity contribution in [2.45, 2.75) is 23.2 Å². The van der Waals surface area contributed by atoms with E-state index < -0.39 is 15.9 Å². The average Bonchev–Trinajstić information content (AvgIpc) is 3.52. The monoisotopic (exact) mass is 415 g/mol. The molecule has 0 heterocycles. The molecule has 0 spiro atoms. The van der Waals surface area contributed by atoms with Gasteiger partial charge in [-0.05, 0) is 36.6 Å². The molecule has 0 atom stereocenters. The fourth-order valence-electron chi connectivity index (χ4n) is 3.11. The Hall–Kier alpha value is -2.71. The quantitative estimate of drug-likeness (QED) is 0.683. The Morgan fingerprint density at radius 3 is 2.31 bits per heavy atom. The first kappa shape index (κ1) is 21.0. The number of hydrogen-bond donors (Lipinski definition) is 2. The molecule has 29 heavy (non-hydrogen) atoms. The molecule has 0 saturated heterocycles. The van der Waals surface area contributed by atoms with E-state index in [0.29, 0.717) is 6.54 Å². The predicted molar refractivity (Wildman–Crippen MR) is 110 cm³/mol. The van der Waals surface area contributed by atoms with Crippen LogP contribution in [0.25, 0.3) is 0 Å². The van der Waals surface area contributed by atoms with Crippen molar-refractivity contribution in [1.82, 2.24) is 14.9 Å². The Balaban J connectivity index is 1.54. The number of sulfonamides is 1. The van der Waals surface area contributed by atoms with Crippen LogP contribution in [0.2, 0.25) is 0 Å². The molecule has 2 aromatic rings. The molecule has 1 aliphatic carbocycles. The molecule has 1 aliphatic rings. The Bertz CT molecular complexity index is 1000. The second-order valence-corrected chi connectivity index (χ2v) is 9.57. The molecule has 8 heteroatoms. The highest BCUT2D eigenvalue weighted by Gasteiger charge is 2.44. The van der Waals surface area contributed by atoms with Crippen LogP contribution in [0.15, 0.2) is 59.5 Å². The number of amides is 2. The van der Waals surface area contributed by atoms with E-state index in [1.165, 1.54) is 43.9 Å². The summed E-state index contributed by atoms with van der Waals surface area (Å²) >= 11 is 0. The van der Waals surface area contributed by atoms with Gasteiger partial charge in [-0.3, -0.25) is 9.59 Å². The number of benzene rings is 2. The highest BCUT2D eigenvalue weighted by molar-refractivity contribution is 7.89. The standard InChI is InChI=1S/C21H25N3O4S/c1-24(2)29(27,28)18-10-6-7-16(13-18)20(26)22-14-19(25)23-15-21(11-12-21)17-8-4-3-5-9-17/h3-10,13H,11-12,14-15H2,1-2H3,(H,22,26)(H,23,25). The van der Waals surface area contributed by atoms with Gasteiger partial charge in [0, 0.05) is 31.6 Å². The van der Waals surface area contributed by atoms with Crippen LogP contribution in [-0.2, 0) is 20.2 Å². The first-order valence-corrected chi connectivity index (χ1v) is 10.8. The number of rotatable bonds is 8. The van der Waals surface area contributed by atoms with Gasteiger partial charge in [0.2, 0.25) is 15.9 Å². The molecule has 0 unspecified atom stereocenters. The average molecular weight is 416 g/mol. The second-order valence-electron chi connectivity index (χ2n) is 7.42. The van der Waals surface area contributed by atoms with Crippen LogP contribution in [0.5, 0.6) is 0 Å². The molecule has 0 aromatic heterocycles. The van der Waals surface area contributed by atoms with Crippen molar-refractivity contribution in [1.29, 1.82) is 0 Å². The van der Waals surface area contributed by atoms with Gasteiger partial charge in [-0.15, -0.1) is 0 Å². The number of nitrogens with zero attached hydrogens (tertiary/aromatic N) is 1. The van der Waals surface area contributed by atoms with Crippen LogP contribution in [-0.4, -0.2) is 51.7 Å². The van der Waals surface area contributed by atoms with Crippen LogP contribution < -0.4 is 10.6 Å². The van der Waals surface area contributed by atoms with Crippen molar-refractivity contribution in [3.05, 3.63) is 65.7 Å². The molecule has 1 saturated carbocycles. The van der Waals surface area contributed by atoms with Crippen molar-refractivity contribution < 1.29 is 18.0 Å². The summed E-state index contributed by atoms with van der Waals surface area (Å²) in [5.74, 6) is -0.780. The Morgan fingerprint density at radius 2 is 1.69 bits per heavy atom.